The topological polar surface area (TPSA) is 24.8 Å². The van der Waals surface area contributed by atoms with Crippen LogP contribution < -0.4 is 9.64 Å². The van der Waals surface area contributed by atoms with Crippen LogP contribution in [0.15, 0.2) is 102 Å². The van der Waals surface area contributed by atoms with Crippen LogP contribution in [0.3, 0.4) is 0 Å². The SMILES string of the molecule is COc1ccc(N2C(=Nc3ccccc3)CC2c2ccc3ccccc3c2)cc1. The molecule has 4 aromatic carbocycles. The molecule has 0 bridgehead atoms. The largest absolute Gasteiger partial charge is 0.497 e. The van der Waals surface area contributed by atoms with Crippen molar-refractivity contribution in [1.29, 1.82) is 0 Å². The molecule has 3 heteroatoms. The third-order valence-electron chi connectivity index (χ3n) is 5.49. The highest BCUT2D eigenvalue weighted by Crippen LogP contribution is 2.41. The molecule has 1 aliphatic heterocycles. The molecule has 5 rings (SSSR count). The molecule has 142 valence electrons. The molecule has 29 heavy (non-hydrogen) atoms. The van der Waals surface area contributed by atoms with Crippen LogP contribution in [-0.2, 0) is 0 Å². The summed E-state index contributed by atoms with van der Waals surface area (Å²) in [5, 5.41) is 2.54. The first kappa shape index (κ1) is 17.5. The number of hydrogen-bond acceptors (Lipinski definition) is 2. The number of para-hydroxylation sites is 1. The first-order valence-corrected chi connectivity index (χ1v) is 9.86. The van der Waals surface area contributed by atoms with E-state index in [1.54, 1.807) is 7.11 Å². The normalized spacial score (nSPS) is 17.3. The number of fused-ring (bicyclic) bond motifs is 1. The van der Waals surface area contributed by atoms with Crippen LogP contribution in [0, 0.1) is 0 Å². The number of ether oxygens (including phenoxy) is 1. The standard InChI is InChI=1S/C26H22N2O/c1-29-24-15-13-23(14-16-24)28-25(18-26(28)27-22-9-3-2-4-10-22)21-12-11-19-7-5-6-8-20(19)17-21/h2-17,25H,18H2,1H3. The fourth-order valence-corrected chi connectivity index (χ4v) is 3.93. The molecule has 1 unspecified atom stereocenters. The quantitative estimate of drug-likeness (QED) is 0.403. The minimum absolute atomic E-state index is 0.274. The Balaban J connectivity index is 1.54. The molecule has 0 amide bonds. The minimum atomic E-state index is 0.274. The summed E-state index contributed by atoms with van der Waals surface area (Å²) in [7, 11) is 1.69. The average Bonchev–Trinajstić information content (AvgIpc) is 2.77. The van der Waals surface area contributed by atoms with Crippen LogP contribution in [0.25, 0.3) is 10.8 Å². The number of methoxy groups -OCH3 is 1. The first-order chi connectivity index (χ1) is 14.3. The van der Waals surface area contributed by atoms with Gasteiger partial charge >= 0.3 is 0 Å². The van der Waals surface area contributed by atoms with Gasteiger partial charge in [-0.25, -0.2) is 4.99 Å². The van der Waals surface area contributed by atoms with Crippen molar-refractivity contribution >= 4 is 28.0 Å². The third kappa shape index (κ3) is 3.36. The lowest BCUT2D eigenvalue weighted by Gasteiger charge is -2.44. The number of rotatable bonds is 4. The number of hydrogen-bond donors (Lipinski definition) is 0. The second-order valence-electron chi connectivity index (χ2n) is 7.26. The Morgan fingerprint density at radius 1 is 0.793 bits per heavy atom. The van der Waals surface area contributed by atoms with E-state index < -0.39 is 0 Å². The Morgan fingerprint density at radius 2 is 1.52 bits per heavy atom. The van der Waals surface area contributed by atoms with E-state index in [-0.39, 0.29) is 6.04 Å². The van der Waals surface area contributed by atoms with Gasteiger partial charge in [0.2, 0.25) is 0 Å². The number of aliphatic imine (C=N–C) groups is 1. The van der Waals surface area contributed by atoms with Crippen molar-refractivity contribution in [1.82, 2.24) is 0 Å². The zero-order valence-electron chi connectivity index (χ0n) is 16.3. The van der Waals surface area contributed by atoms with Gasteiger partial charge in [0.25, 0.3) is 0 Å². The third-order valence-corrected chi connectivity index (χ3v) is 5.49. The lowest BCUT2D eigenvalue weighted by molar-refractivity contribution is 0.415. The fourth-order valence-electron chi connectivity index (χ4n) is 3.93. The second kappa shape index (κ2) is 7.44. The molecule has 0 aromatic heterocycles. The molecule has 0 aliphatic carbocycles. The average molecular weight is 378 g/mol. The van der Waals surface area contributed by atoms with Crippen LogP contribution in [-0.4, -0.2) is 12.9 Å². The van der Waals surface area contributed by atoms with Gasteiger partial charge in [-0.3, -0.25) is 0 Å². The van der Waals surface area contributed by atoms with Gasteiger partial charge in [-0.2, -0.15) is 0 Å². The van der Waals surface area contributed by atoms with E-state index in [2.05, 4.69) is 59.5 Å². The van der Waals surface area contributed by atoms with Crippen molar-refractivity contribution in [2.75, 3.05) is 12.0 Å². The van der Waals surface area contributed by atoms with Gasteiger partial charge in [-0.05, 0) is 58.8 Å². The van der Waals surface area contributed by atoms with Crippen molar-refractivity contribution in [2.24, 2.45) is 4.99 Å². The highest BCUT2D eigenvalue weighted by molar-refractivity contribution is 6.06. The van der Waals surface area contributed by atoms with Crippen LogP contribution in [0.4, 0.5) is 11.4 Å². The Kier molecular flexibility index (Phi) is 4.49. The zero-order chi connectivity index (χ0) is 19.6. The summed E-state index contributed by atoms with van der Waals surface area (Å²) in [6, 6.07) is 33.9. The van der Waals surface area contributed by atoms with Crippen LogP contribution in [0.1, 0.15) is 18.0 Å². The maximum Gasteiger partial charge on any atom is 0.119 e. The van der Waals surface area contributed by atoms with Crippen molar-refractivity contribution in [3.05, 3.63) is 103 Å². The van der Waals surface area contributed by atoms with E-state index in [1.165, 1.54) is 16.3 Å². The van der Waals surface area contributed by atoms with Crippen LogP contribution in [0.2, 0.25) is 0 Å². The number of amidine groups is 1. The molecule has 1 atom stereocenters. The summed E-state index contributed by atoms with van der Waals surface area (Å²) in [4.78, 5) is 7.24. The molecule has 1 heterocycles. The Labute approximate surface area is 170 Å². The summed E-state index contributed by atoms with van der Waals surface area (Å²) in [5.41, 5.74) is 3.43. The number of nitrogens with zero attached hydrogens (tertiary/aromatic N) is 2. The molecule has 1 saturated heterocycles. The van der Waals surface area contributed by atoms with Crippen LogP contribution in [0.5, 0.6) is 5.75 Å². The lowest BCUT2D eigenvalue weighted by Crippen LogP contribution is -2.46. The van der Waals surface area contributed by atoms with Gasteiger partial charge in [0.1, 0.15) is 11.6 Å². The zero-order valence-corrected chi connectivity index (χ0v) is 16.3. The Hall–Kier alpha value is -3.59. The molecule has 1 fully saturated rings. The van der Waals surface area contributed by atoms with E-state index in [4.69, 9.17) is 9.73 Å². The Morgan fingerprint density at radius 3 is 2.28 bits per heavy atom. The number of anilines is 1. The minimum Gasteiger partial charge on any atom is -0.497 e. The van der Waals surface area contributed by atoms with E-state index in [1.807, 2.05) is 42.5 Å². The molecule has 4 aromatic rings. The predicted molar refractivity (Wildman–Crippen MR) is 120 cm³/mol. The molecule has 0 saturated carbocycles. The second-order valence-corrected chi connectivity index (χ2v) is 7.26. The Bertz CT molecular complexity index is 1170. The van der Waals surface area contributed by atoms with Gasteiger partial charge in [-0.15, -0.1) is 0 Å². The monoisotopic (exact) mass is 378 g/mol. The highest BCUT2D eigenvalue weighted by atomic mass is 16.5. The summed E-state index contributed by atoms with van der Waals surface area (Å²) >= 11 is 0. The van der Waals surface area contributed by atoms with E-state index in [9.17, 15) is 0 Å². The van der Waals surface area contributed by atoms with Crippen molar-refractivity contribution < 1.29 is 4.74 Å². The lowest BCUT2D eigenvalue weighted by atomic mass is 9.91. The molecule has 3 nitrogen and oxygen atoms in total. The molecule has 0 N–H and O–H groups in total. The van der Waals surface area contributed by atoms with Crippen molar-refractivity contribution in [3.63, 3.8) is 0 Å². The summed E-state index contributed by atoms with van der Waals surface area (Å²) in [6.07, 6.45) is 0.916. The van der Waals surface area contributed by atoms with E-state index in [0.717, 1.165) is 29.4 Å². The van der Waals surface area contributed by atoms with Crippen molar-refractivity contribution in [3.8, 4) is 5.75 Å². The molecular formula is C26H22N2O. The van der Waals surface area contributed by atoms with Gasteiger partial charge in [0.15, 0.2) is 0 Å². The molecule has 0 spiro atoms. The maximum atomic E-state index is 5.33. The summed E-state index contributed by atoms with van der Waals surface area (Å²) in [6.45, 7) is 0. The van der Waals surface area contributed by atoms with Gasteiger partial charge < -0.3 is 9.64 Å². The molecular weight excluding hydrogens is 356 g/mol. The summed E-state index contributed by atoms with van der Waals surface area (Å²) < 4.78 is 5.33. The van der Waals surface area contributed by atoms with E-state index in [0.29, 0.717) is 0 Å². The van der Waals surface area contributed by atoms with Gasteiger partial charge in [0, 0.05) is 12.1 Å². The fraction of sp³-hybridized carbons (Fsp3) is 0.115. The maximum absolute atomic E-state index is 5.33. The van der Waals surface area contributed by atoms with Gasteiger partial charge in [0.05, 0.1) is 18.8 Å². The van der Waals surface area contributed by atoms with Crippen molar-refractivity contribution in [2.45, 2.75) is 12.5 Å². The molecule has 1 aliphatic rings. The summed E-state index contributed by atoms with van der Waals surface area (Å²) in [5.74, 6) is 1.94. The first-order valence-electron chi connectivity index (χ1n) is 9.86. The highest BCUT2D eigenvalue weighted by Gasteiger charge is 2.36. The smallest absolute Gasteiger partial charge is 0.119 e. The number of benzene rings is 4. The molecule has 0 radical (unpaired) electrons. The predicted octanol–water partition coefficient (Wildman–Crippen LogP) is 6.53. The van der Waals surface area contributed by atoms with Gasteiger partial charge in [-0.1, -0.05) is 54.6 Å². The van der Waals surface area contributed by atoms with Crippen LogP contribution >= 0.6 is 0 Å². The van der Waals surface area contributed by atoms with E-state index >= 15 is 0 Å².